The van der Waals surface area contributed by atoms with Gasteiger partial charge in [-0.1, -0.05) is 57.0 Å². The maximum atomic E-state index is 12.2. The van der Waals surface area contributed by atoms with Gasteiger partial charge in [-0.25, -0.2) is 0 Å². The third-order valence-electron chi connectivity index (χ3n) is 4.41. The Morgan fingerprint density at radius 2 is 1.86 bits per heavy atom. The Morgan fingerprint density at radius 1 is 1.19 bits per heavy atom. The van der Waals surface area contributed by atoms with Crippen LogP contribution in [0.3, 0.4) is 0 Å². The quantitative estimate of drug-likeness (QED) is 0.732. The van der Waals surface area contributed by atoms with E-state index in [2.05, 4.69) is 36.6 Å². The fourth-order valence-corrected chi connectivity index (χ4v) is 2.83. The van der Waals surface area contributed by atoms with Gasteiger partial charge in [0.15, 0.2) is 0 Å². The first-order chi connectivity index (χ1) is 10.2. The highest BCUT2D eigenvalue weighted by Gasteiger charge is 2.23. The summed E-state index contributed by atoms with van der Waals surface area (Å²) in [6.45, 7) is 5.80. The summed E-state index contributed by atoms with van der Waals surface area (Å²) in [6, 6.07) is 10.5. The lowest BCUT2D eigenvalue weighted by Gasteiger charge is -2.27. The molecule has 1 aromatic rings. The summed E-state index contributed by atoms with van der Waals surface area (Å²) in [5, 5.41) is 6.49. The summed E-state index contributed by atoms with van der Waals surface area (Å²) < 4.78 is 0. The van der Waals surface area contributed by atoms with E-state index in [1.165, 1.54) is 18.4 Å². The second kappa shape index (κ2) is 8.18. The van der Waals surface area contributed by atoms with E-state index in [9.17, 15) is 4.79 Å². The van der Waals surface area contributed by atoms with E-state index in [0.717, 1.165) is 25.3 Å². The molecule has 0 bridgehead atoms. The number of hydrogen-bond acceptors (Lipinski definition) is 2. The summed E-state index contributed by atoms with van der Waals surface area (Å²) in [7, 11) is 0. The minimum Gasteiger partial charge on any atom is -0.348 e. The molecule has 3 heteroatoms. The highest BCUT2D eigenvalue weighted by Crippen LogP contribution is 2.28. The molecule has 1 unspecified atom stereocenters. The molecule has 0 aromatic heterocycles. The van der Waals surface area contributed by atoms with Gasteiger partial charge in [0.05, 0.1) is 12.6 Å². The zero-order chi connectivity index (χ0) is 15.1. The summed E-state index contributed by atoms with van der Waals surface area (Å²) in [5.41, 5.74) is 1.21. The lowest BCUT2D eigenvalue weighted by molar-refractivity contribution is -0.121. The molecule has 0 saturated heterocycles. The Kier molecular flexibility index (Phi) is 6.24. The molecule has 0 heterocycles. The van der Waals surface area contributed by atoms with Gasteiger partial charge in [-0.15, -0.1) is 0 Å². The Balaban J connectivity index is 1.92. The van der Waals surface area contributed by atoms with Gasteiger partial charge in [0.25, 0.3) is 0 Å². The van der Waals surface area contributed by atoms with E-state index in [4.69, 9.17) is 0 Å². The molecule has 1 atom stereocenters. The molecule has 2 N–H and O–H groups in total. The second-order valence-electron chi connectivity index (χ2n) is 6.11. The summed E-state index contributed by atoms with van der Waals surface area (Å²) in [4.78, 5) is 12.2. The minimum atomic E-state index is 0.108. The zero-order valence-electron chi connectivity index (χ0n) is 13.3. The number of carbonyl (C=O) groups is 1. The molecule has 1 amide bonds. The smallest absolute Gasteiger partial charge is 0.234 e. The number of hydrogen-bond donors (Lipinski definition) is 2. The number of rotatable bonds is 9. The van der Waals surface area contributed by atoms with E-state index in [0.29, 0.717) is 12.5 Å². The molecule has 1 aromatic carbocycles. The van der Waals surface area contributed by atoms with Crippen molar-refractivity contribution in [1.29, 1.82) is 0 Å². The number of amides is 1. The SMILES string of the molecule is CCC(CC)C(NC(=O)CNCC1CC1)c1ccccc1. The van der Waals surface area contributed by atoms with Crippen LogP contribution in [0.25, 0.3) is 0 Å². The van der Waals surface area contributed by atoms with Gasteiger partial charge >= 0.3 is 0 Å². The van der Waals surface area contributed by atoms with Gasteiger partial charge in [0, 0.05) is 0 Å². The van der Waals surface area contributed by atoms with Crippen LogP contribution in [0, 0.1) is 11.8 Å². The number of carbonyl (C=O) groups excluding carboxylic acids is 1. The number of nitrogens with one attached hydrogen (secondary N) is 2. The zero-order valence-corrected chi connectivity index (χ0v) is 13.3. The lowest BCUT2D eigenvalue weighted by atomic mass is 9.89. The van der Waals surface area contributed by atoms with Crippen molar-refractivity contribution >= 4 is 5.91 Å². The van der Waals surface area contributed by atoms with Crippen molar-refractivity contribution in [2.75, 3.05) is 13.1 Å². The molecule has 1 fully saturated rings. The van der Waals surface area contributed by atoms with E-state index >= 15 is 0 Å². The van der Waals surface area contributed by atoms with Crippen LogP contribution in [-0.2, 0) is 4.79 Å². The molecule has 21 heavy (non-hydrogen) atoms. The van der Waals surface area contributed by atoms with Gasteiger partial charge in [0.1, 0.15) is 0 Å². The van der Waals surface area contributed by atoms with Gasteiger partial charge in [-0.05, 0) is 36.8 Å². The van der Waals surface area contributed by atoms with Gasteiger partial charge in [-0.2, -0.15) is 0 Å². The van der Waals surface area contributed by atoms with Crippen molar-refractivity contribution in [3.8, 4) is 0 Å². The molecule has 116 valence electrons. The van der Waals surface area contributed by atoms with Crippen molar-refractivity contribution in [3.05, 3.63) is 35.9 Å². The van der Waals surface area contributed by atoms with Crippen LogP contribution >= 0.6 is 0 Å². The predicted molar refractivity (Wildman–Crippen MR) is 87.0 cm³/mol. The second-order valence-corrected chi connectivity index (χ2v) is 6.11. The molecular formula is C18H28N2O. The van der Waals surface area contributed by atoms with Crippen molar-refractivity contribution in [2.45, 2.75) is 45.6 Å². The first-order valence-electron chi connectivity index (χ1n) is 8.29. The summed E-state index contributed by atoms with van der Waals surface area (Å²) in [6.07, 6.45) is 4.78. The molecule has 1 saturated carbocycles. The molecule has 0 spiro atoms. The number of benzene rings is 1. The average Bonchev–Trinajstić information content (AvgIpc) is 3.32. The standard InChI is InChI=1S/C18H28N2O/c1-3-15(4-2)18(16-8-6-5-7-9-16)20-17(21)13-19-12-14-10-11-14/h5-9,14-15,18-19H,3-4,10-13H2,1-2H3,(H,20,21). The van der Waals surface area contributed by atoms with Crippen LogP contribution in [0.4, 0.5) is 0 Å². The first-order valence-corrected chi connectivity index (χ1v) is 8.29. The maximum Gasteiger partial charge on any atom is 0.234 e. The maximum absolute atomic E-state index is 12.2. The van der Waals surface area contributed by atoms with Gasteiger partial charge in [-0.3, -0.25) is 4.79 Å². The van der Waals surface area contributed by atoms with Crippen LogP contribution in [0.1, 0.15) is 51.1 Å². The van der Waals surface area contributed by atoms with Gasteiger partial charge < -0.3 is 10.6 Å². The fourth-order valence-electron chi connectivity index (χ4n) is 2.83. The topological polar surface area (TPSA) is 41.1 Å². The third-order valence-corrected chi connectivity index (χ3v) is 4.41. The van der Waals surface area contributed by atoms with Crippen LogP contribution in [0.5, 0.6) is 0 Å². The predicted octanol–water partition coefficient (Wildman–Crippen LogP) is 3.28. The molecule has 1 aliphatic rings. The van der Waals surface area contributed by atoms with Crippen molar-refractivity contribution < 1.29 is 4.79 Å². The van der Waals surface area contributed by atoms with Gasteiger partial charge in [0.2, 0.25) is 5.91 Å². The molecule has 2 rings (SSSR count). The normalized spacial score (nSPS) is 16.0. The van der Waals surface area contributed by atoms with E-state index in [1.807, 2.05) is 18.2 Å². The van der Waals surface area contributed by atoms with Crippen molar-refractivity contribution in [2.24, 2.45) is 11.8 Å². The Bertz CT molecular complexity index is 424. The monoisotopic (exact) mass is 288 g/mol. The highest BCUT2D eigenvalue weighted by atomic mass is 16.2. The Hall–Kier alpha value is -1.35. The lowest BCUT2D eigenvalue weighted by Crippen LogP contribution is -2.39. The van der Waals surface area contributed by atoms with E-state index < -0.39 is 0 Å². The van der Waals surface area contributed by atoms with Crippen LogP contribution in [-0.4, -0.2) is 19.0 Å². The summed E-state index contributed by atoms with van der Waals surface area (Å²) in [5.74, 6) is 1.40. The Morgan fingerprint density at radius 3 is 2.43 bits per heavy atom. The summed E-state index contributed by atoms with van der Waals surface area (Å²) >= 11 is 0. The van der Waals surface area contributed by atoms with Crippen LogP contribution < -0.4 is 10.6 Å². The Labute approximate surface area is 128 Å². The molecule has 0 aliphatic heterocycles. The highest BCUT2D eigenvalue weighted by molar-refractivity contribution is 5.78. The molecule has 0 radical (unpaired) electrons. The van der Waals surface area contributed by atoms with Crippen LogP contribution in [0.2, 0.25) is 0 Å². The minimum absolute atomic E-state index is 0.108. The van der Waals surface area contributed by atoms with Crippen molar-refractivity contribution in [3.63, 3.8) is 0 Å². The largest absolute Gasteiger partial charge is 0.348 e. The first kappa shape index (κ1) is 16.0. The third kappa shape index (κ3) is 5.16. The molecule has 3 nitrogen and oxygen atoms in total. The van der Waals surface area contributed by atoms with E-state index in [-0.39, 0.29) is 11.9 Å². The van der Waals surface area contributed by atoms with E-state index in [1.54, 1.807) is 0 Å². The van der Waals surface area contributed by atoms with Crippen LogP contribution in [0.15, 0.2) is 30.3 Å². The van der Waals surface area contributed by atoms with Crippen molar-refractivity contribution in [1.82, 2.24) is 10.6 Å². The fraction of sp³-hybridized carbons (Fsp3) is 0.611. The average molecular weight is 288 g/mol. The molecule has 1 aliphatic carbocycles. The molecular weight excluding hydrogens is 260 g/mol.